The summed E-state index contributed by atoms with van der Waals surface area (Å²) in [5.41, 5.74) is 3.80. The maximum Gasteiger partial charge on any atom is 0.270 e. The molecule has 7 nitrogen and oxygen atoms in total. The molecular weight excluding hydrogens is 382 g/mol. The summed E-state index contributed by atoms with van der Waals surface area (Å²) in [4.78, 5) is 12.9. The molecule has 0 spiro atoms. The largest absolute Gasteiger partial charge is 0.497 e. The maximum atomic E-state index is 12.9. The van der Waals surface area contributed by atoms with Crippen molar-refractivity contribution >= 4 is 5.91 Å². The van der Waals surface area contributed by atoms with Crippen molar-refractivity contribution in [3.05, 3.63) is 59.8 Å². The van der Waals surface area contributed by atoms with Gasteiger partial charge in [0.25, 0.3) is 5.91 Å². The molecule has 0 aliphatic heterocycles. The average molecular weight is 409 g/mol. The van der Waals surface area contributed by atoms with Crippen LogP contribution in [-0.4, -0.2) is 50.2 Å². The van der Waals surface area contributed by atoms with E-state index in [1.54, 1.807) is 38.1 Å². The number of ether oxygens (including phenoxy) is 3. The normalized spacial score (nSPS) is 10.7. The summed E-state index contributed by atoms with van der Waals surface area (Å²) in [6.07, 6.45) is 0.736. The lowest BCUT2D eigenvalue weighted by Crippen LogP contribution is -2.27. The number of hydrogen-bond acceptors (Lipinski definition) is 5. The van der Waals surface area contributed by atoms with Crippen molar-refractivity contribution in [2.24, 2.45) is 0 Å². The highest BCUT2D eigenvalue weighted by atomic mass is 16.5. The molecule has 158 valence electrons. The molecule has 0 saturated heterocycles. The number of aromatic nitrogens is 2. The van der Waals surface area contributed by atoms with E-state index < -0.39 is 0 Å². The third-order valence-corrected chi connectivity index (χ3v) is 4.72. The van der Waals surface area contributed by atoms with Gasteiger partial charge < -0.3 is 19.5 Å². The van der Waals surface area contributed by atoms with E-state index in [9.17, 15) is 4.79 Å². The summed E-state index contributed by atoms with van der Waals surface area (Å²) >= 11 is 0. The molecule has 0 bridgehead atoms. The predicted octanol–water partition coefficient (Wildman–Crippen LogP) is 3.63. The van der Waals surface area contributed by atoms with Crippen molar-refractivity contribution in [2.45, 2.75) is 13.3 Å². The molecule has 3 rings (SSSR count). The monoisotopic (exact) mass is 409 g/mol. The van der Waals surface area contributed by atoms with Crippen molar-refractivity contribution < 1.29 is 19.0 Å². The number of carbonyl (C=O) groups excluding carboxylic acids is 1. The van der Waals surface area contributed by atoms with E-state index in [0.29, 0.717) is 36.0 Å². The van der Waals surface area contributed by atoms with Gasteiger partial charge in [-0.05, 0) is 43.7 Å². The zero-order chi connectivity index (χ0) is 21.5. The van der Waals surface area contributed by atoms with Crippen LogP contribution in [0.25, 0.3) is 16.9 Å². The van der Waals surface area contributed by atoms with Gasteiger partial charge in [-0.3, -0.25) is 4.79 Å². The molecule has 0 aliphatic rings. The van der Waals surface area contributed by atoms with E-state index in [4.69, 9.17) is 19.3 Å². The minimum atomic E-state index is -0.196. The van der Waals surface area contributed by atoms with Crippen LogP contribution >= 0.6 is 0 Å². The van der Waals surface area contributed by atoms with Gasteiger partial charge in [0.1, 0.15) is 17.2 Å². The van der Waals surface area contributed by atoms with Crippen molar-refractivity contribution in [2.75, 3.05) is 34.5 Å². The third-order valence-electron chi connectivity index (χ3n) is 4.72. The van der Waals surface area contributed by atoms with Crippen LogP contribution in [-0.2, 0) is 4.74 Å². The number of nitrogens with zero attached hydrogens (tertiary/aromatic N) is 2. The first-order chi connectivity index (χ1) is 14.6. The van der Waals surface area contributed by atoms with E-state index in [1.165, 1.54) is 0 Å². The Morgan fingerprint density at radius 2 is 1.80 bits per heavy atom. The molecule has 0 fully saturated rings. The van der Waals surface area contributed by atoms with Gasteiger partial charge in [0.2, 0.25) is 0 Å². The predicted molar refractivity (Wildman–Crippen MR) is 116 cm³/mol. The molecule has 0 radical (unpaired) electrons. The van der Waals surface area contributed by atoms with E-state index in [1.807, 2.05) is 43.3 Å². The summed E-state index contributed by atoms with van der Waals surface area (Å²) in [6, 6.07) is 15.2. The fourth-order valence-electron chi connectivity index (χ4n) is 3.08. The lowest BCUT2D eigenvalue weighted by atomic mass is 10.1. The Morgan fingerprint density at radius 3 is 2.47 bits per heavy atom. The van der Waals surface area contributed by atoms with Gasteiger partial charge in [0.15, 0.2) is 0 Å². The number of nitrogens with one attached hydrogen (secondary N) is 1. The van der Waals surface area contributed by atoms with Gasteiger partial charge in [-0.1, -0.05) is 17.7 Å². The quantitative estimate of drug-likeness (QED) is 0.546. The van der Waals surface area contributed by atoms with Crippen molar-refractivity contribution in [1.82, 2.24) is 15.1 Å². The summed E-state index contributed by atoms with van der Waals surface area (Å²) in [5, 5.41) is 7.66. The standard InChI is InChI=1S/C23H27N3O4/c1-16-6-8-17(9-7-16)26-21(23(27)24-12-5-13-28-2)15-20(25-26)19-11-10-18(29-3)14-22(19)30-4/h6-11,14-15H,5,12-13H2,1-4H3,(H,24,27). The SMILES string of the molecule is COCCCNC(=O)c1cc(-c2ccc(OC)cc2OC)nn1-c1ccc(C)cc1. The Labute approximate surface area is 176 Å². The van der Waals surface area contributed by atoms with Gasteiger partial charge in [-0.15, -0.1) is 0 Å². The lowest BCUT2D eigenvalue weighted by molar-refractivity contribution is 0.0941. The zero-order valence-corrected chi connectivity index (χ0v) is 17.8. The molecule has 1 N–H and O–H groups in total. The fourth-order valence-corrected chi connectivity index (χ4v) is 3.08. The van der Waals surface area contributed by atoms with Gasteiger partial charge in [0, 0.05) is 31.9 Å². The molecule has 30 heavy (non-hydrogen) atoms. The van der Waals surface area contributed by atoms with Crippen LogP contribution in [0, 0.1) is 6.92 Å². The van der Waals surface area contributed by atoms with Crippen LogP contribution in [0.15, 0.2) is 48.5 Å². The van der Waals surface area contributed by atoms with Crippen LogP contribution in [0.1, 0.15) is 22.5 Å². The van der Waals surface area contributed by atoms with Crippen molar-refractivity contribution in [1.29, 1.82) is 0 Å². The molecular formula is C23H27N3O4. The first-order valence-corrected chi connectivity index (χ1v) is 9.74. The second-order valence-corrected chi connectivity index (χ2v) is 6.83. The summed E-state index contributed by atoms with van der Waals surface area (Å²) in [5.74, 6) is 1.11. The second-order valence-electron chi connectivity index (χ2n) is 6.83. The Balaban J connectivity index is 2.02. The minimum absolute atomic E-state index is 0.196. The zero-order valence-electron chi connectivity index (χ0n) is 17.8. The van der Waals surface area contributed by atoms with Crippen LogP contribution < -0.4 is 14.8 Å². The number of aryl methyl sites for hydroxylation is 1. The van der Waals surface area contributed by atoms with Gasteiger partial charge >= 0.3 is 0 Å². The van der Waals surface area contributed by atoms with E-state index >= 15 is 0 Å². The van der Waals surface area contributed by atoms with Gasteiger partial charge in [-0.25, -0.2) is 4.68 Å². The highest BCUT2D eigenvalue weighted by Gasteiger charge is 2.19. The minimum Gasteiger partial charge on any atom is -0.497 e. The highest BCUT2D eigenvalue weighted by Crippen LogP contribution is 2.33. The Kier molecular flexibility index (Phi) is 7.08. The number of rotatable bonds is 9. The molecule has 2 aromatic carbocycles. The molecule has 0 atom stereocenters. The number of amides is 1. The highest BCUT2D eigenvalue weighted by molar-refractivity contribution is 5.94. The van der Waals surface area contributed by atoms with Crippen molar-refractivity contribution in [3.63, 3.8) is 0 Å². The lowest BCUT2D eigenvalue weighted by Gasteiger charge is -2.09. The van der Waals surface area contributed by atoms with Gasteiger partial charge in [0.05, 0.1) is 25.6 Å². The first kappa shape index (κ1) is 21.4. The molecule has 0 unspecified atom stereocenters. The summed E-state index contributed by atoms with van der Waals surface area (Å²) in [6.45, 7) is 3.13. The molecule has 1 amide bonds. The van der Waals surface area contributed by atoms with Crippen LogP contribution in [0.3, 0.4) is 0 Å². The summed E-state index contributed by atoms with van der Waals surface area (Å²) in [7, 11) is 4.84. The number of methoxy groups -OCH3 is 3. The second kappa shape index (κ2) is 9.93. The first-order valence-electron chi connectivity index (χ1n) is 9.74. The molecule has 0 aliphatic carbocycles. The average Bonchev–Trinajstić information content (AvgIpc) is 3.22. The van der Waals surface area contributed by atoms with Crippen LogP contribution in [0.5, 0.6) is 11.5 Å². The van der Waals surface area contributed by atoms with Gasteiger partial charge in [-0.2, -0.15) is 5.10 Å². The number of carbonyl (C=O) groups is 1. The fraction of sp³-hybridized carbons (Fsp3) is 0.304. The van der Waals surface area contributed by atoms with E-state index in [0.717, 1.165) is 23.2 Å². The van der Waals surface area contributed by atoms with E-state index in [2.05, 4.69) is 5.32 Å². The maximum absolute atomic E-state index is 12.9. The topological polar surface area (TPSA) is 74.6 Å². The Morgan fingerprint density at radius 1 is 1.03 bits per heavy atom. The number of benzene rings is 2. The summed E-state index contributed by atoms with van der Waals surface area (Å²) < 4.78 is 17.5. The third kappa shape index (κ3) is 4.80. The Bertz CT molecular complexity index is 996. The van der Waals surface area contributed by atoms with Crippen LogP contribution in [0.4, 0.5) is 0 Å². The molecule has 3 aromatic rings. The smallest absolute Gasteiger partial charge is 0.270 e. The van der Waals surface area contributed by atoms with Crippen molar-refractivity contribution in [3.8, 4) is 28.4 Å². The Hall–Kier alpha value is -3.32. The number of hydrogen-bond donors (Lipinski definition) is 1. The van der Waals surface area contributed by atoms with E-state index in [-0.39, 0.29) is 5.91 Å². The molecule has 1 aromatic heterocycles. The molecule has 7 heteroatoms. The molecule has 0 saturated carbocycles. The molecule has 1 heterocycles. The van der Waals surface area contributed by atoms with Crippen LogP contribution in [0.2, 0.25) is 0 Å².